The zero-order valence-electron chi connectivity index (χ0n) is 13.7. The van der Waals surface area contributed by atoms with Crippen molar-refractivity contribution in [2.75, 3.05) is 26.1 Å². The van der Waals surface area contributed by atoms with E-state index >= 15 is 0 Å². The third-order valence-corrected chi connectivity index (χ3v) is 3.61. The first kappa shape index (κ1) is 15.9. The van der Waals surface area contributed by atoms with Crippen molar-refractivity contribution < 1.29 is 14.0 Å². The van der Waals surface area contributed by atoms with E-state index < -0.39 is 0 Å². The largest absolute Gasteiger partial charge is 0.497 e. The van der Waals surface area contributed by atoms with Crippen molar-refractivity contribution in [2.24, 2.45) is 0 Å². The lowest BCUT2D eigenvalue weighted by molar-refractivity contribution is 0.399. The summed E-state index contributed by atoms with van der Waals surface area (Å²) in [5, 5.41) is 7.11. The molecule has 0 aliphatic rings. The molecule has 0 fully saturated rings. The van der Waals surface area contributed by atoms with Crippen molar-refractivity contribution >= 4 is 5.95 Å². The highest BCUT2D eigenvalue weighted by Gasteiger charge is 2.09. The van der Waals surface area contributed by atoms with Crippen LogP contribution in [0.1, 0.15) is 5.56 Å². The standard InChI is InChI=1S/C18H19N3O3/c1-22-15-8-9-16(23-2)14(12-15)10-11-19-18-20-17(24-21-18)13-6-4-3-5-7-13/h3-9,12H,10-11H2,1-2H3,(H,19,21). The van der Waals surface area contributed by atoms with E-state index in [1.54, 1.807) is 14.2 Å². The van der Waals surface area contributed by atoms with Gasteiger partial charge in [-0.2, -0.15) is 4.98 Å². The molecule has 0 aliphatic carbocycles. The molecule has 0 radical (unpaired) electrons. The van der Waals surface area contributed by atoms with E-state index in [0.29, 0.717) is 18.4 Å². The van der Waals surface area contributed by atoms with Crippen LogP contribution in [0, 0.1) is 0 Å². The molecule has 124 valence electrons. The zero-order chi connectivity index (χ0) is 16.8. The van der Waals surface area contributed by atoms with Gasteiger partial charge in [0.15, 0.2) is 0 Å². The lowest BCUT2D eigenvalue weighted by Crippen LogP contribution is -2.07. The molecular weight excluding hydrogens is 306 g/mol. The molecule has 3 rings (SSSR count). The first-order valence-corrected chi connectivity index (χ1v) is 7.64. The summed E-state index contributed by atoms with van der Waals surface area (Å²) in [6.07, 6.45) is 0.746. The molecule has 3 aromatic rings. The van der Waals surface area contributed by atoms with Gasteiger partial charge in [0.05, 0.1) is 14.2 Å². The van der Waals surface area contributed by atoms with Crippen LogP contribution in [0.15, 0.2) is 53.1 Å². The minimum Gasteiger partial charge on any atom is -0.497 e. The van der Waals surface area contributed by atoms with Crippen LogP contribution in [0.4, 0.5) is 5.95 Å². The Hall–Kier alpha value is -3.02. The molecule has 1 aromatic heterocycles. The van der Waals surface area contributed by atoms with Gasteiger partial charge in [0.1, 0.15) is 11.5 Å². The van der Waals surface area contributed by atoms with Crippen molar-refractivity contribution in [3.05, 3.63) is 54.1 Å². The fourth-order valence-electron chi connectivity index (χ4n) is 2.38. The van der Waals surface area contributed by atoms with Crippen molar-refractivity contribution in [1.29, 1.82) is 0 Å². The van der Waals surface area contributed by atoms with Crippen LogP contribution in [-0.4, -0.2) is 30.9 Å². The predicted octanol–water partition coefficient (Wildman–Crippen LogP) is 3.41. The smallest absolute Gasteiger partial charge is 0.263 e. The molecule has 0 bridgehead atoms. The summed E-state index contributed by atoms with van der Waals surface area (Å²) in [6.45, 7) is 0.650. The highest BCUT2D eigenvalue weighted by Crippen LogP contribution is 2.24. The molecule has 6 nitrogen and oxygen atoms in total. The van der Waals surface area contributed by atoms with Crippen molar-refractivity contribution in [1.82, 2.24) is 10.1 Å². The molecule has 2 aromatic carbocycles. The lowest BCUT2D eigenvalue weighted by atomic mass is 10.1. The summed E-state index contributed by atoms with van der Waals surface area (Å²) >= 11 is 0. The first-order valence-electron chi connectivity index (χ1n) is 7.64. The Morgan fingerprint density at radius 2 is 1.88 bits per heavy atom. The van der Waals surface area contributed by atoms with Crippen LogP contribution < -0.4 is 14.8 Å². The topological polar surface area (TPSA) is 69.4 Å². The molecule has 0 spiro atoms. The second kappa shape index (κ2) is 7.50. The molecule has 0 aliphatic heterocycles. The van der Waals surface area contributed by atoms with Gasteiger partial charge in [0.2, 0.25) is 0 Å². The minimum atomic E-state index is 0.468. The molecule has 1 heterocycles. The van der Waals surface area contributed by atoms with Crippen LogP contribution >= 0.6 is 0 Å². The van der Waals surface area contributed by atoms with Crippen molar-refractivity contribution in [3.8, 4) is 23.0 Å². The van der Waals surface area contributed by atoms with Crippen LogP contribution in [-0.2, 0) is 6.42 Å². The van der Waals surface area contributed by atoms with Gasteiger partial charge in [0.25, 0.3) is 11.8 Å². The average molecular weight is 325 g/mol. The number of anilines is 1. The zero-order valence-corrected chi connectivity index (χ0v) is 13.7. The van der Waals surface area contributed by atoms with E-state index in [2.05, 4.69) is 15.5 Å². The normalized spacial score (nSPS) is 10.4. The Morgan fingerprint density at radius 1 is 1.04 bits per heavy atom. The summed E-state index contributed by atoms with van der Waals surface area (Å²) < 4.78 is 15.9. The van der Waals surface area contributed by atoms with Gasteiger partial charge in [-0.05, 0) is 47.5 Å². The molecule has 24 heavy (non-hydrogen) atoms. The van der Waals surface area contributed by atoms with Gasteiger partial charge in [-0.15, -0.1) is 0 Å². The third kappa shape index (κ3) is 3.65. The number of methoxy groups -OCH3 is 2. The summed E-state index contributed by atoms with van der Waals surface area (Å²) in [6, 6.07) is 15.4. The maximum atomic E-state index is 5.38. The first-order chi connectivity index (χ1) is 11.8. The molecule has 0 unspecified atom stereocenters. The number of benzene rings is 2. The Morgan fingerprint density at radius 3 is 2.62 bits per heavy atom. The molecule has 0 saturated carbocycles. The number of nitrogens with one attached hydrogen (secondary N) is 1. The Kier molecular flexibility index (Phi) is 4.96. The van der Waals surface area contributed by atoms with Gasteiger partial charge < -0.3 is 19.3 Å². The maximum absolute atomic E-state index is 5.38. The van der Waals surface area contributed by atoms with Gasteiger partial charge in [-0.1, -0.05) is 18.2 Å². The summed E-state index contributed by atoms with van der Waals surface area (Å²) in [5.74, 6) is 2.60. The highest BCUT2D eigenvalue weighted by atomic mass is 16.5. The molecular formula is C18H19N3O3. The number of rotatable bonds is 7. The number of nitrogens with zero attached hydrogens (tertiary/aromatic N) is 2. The highest BCUT2D eigenvalue weighted by molar-refractivity contribution is 5.53. The molecule has 0 atom stereocenters. The maximum Gasteiger partial charge on any atom is 0.263 e. The number of hydrogen-bond acceptors (Lipinski definition) is 6. The summed E-state index contributed by atoms with van der Waals surface area (Å²) in [4.78, 5) is 4.34. The number of hydrogen-bond donors (Lipinski definition) is 1. The Labute approximate surface area is 140 Å². The van der Waals surface area contributed by atoms with E-state index in [9.17, 15) is 0 Å². The van der Waals surface area contributed by atoms with Crippen molar-refractivity contribution in [3.63, 3.8) is 0 Å². The molecule has 1 N–H and O–H groups in total. The third-order valence-electron chi connectivity index (χ3n) is 3.61. The van der Waals surface area contributed by atoms with Crippen LogP contribution in [0.2, 0.25) is 0 Å². The fourth-order valence-corrected chi connectivity index (χ4v) is 2.38. The second-order valence-electron chi connectivity index (χ2n) is 5.14. The number of ether oxygens (including phenoxy) is 2. The Bertz CT molecular complexity index is 787. The van der Waals surface area contributed by atoms with E-state index in [1.807, 2.05) is 48.5 Å². The van der Waals surface area contributed by atoms with Crippen molar-refractivity contribution in [2.45, 2.75) is 6.42 Å². The molecule has 6 heteroatoms. The van der Waals surface area contributed by atoms with E-state index in [1.165, 1.54) is 0 Å². The minimum absolute atomic E-state index is 0.468. The lowest BCUT2D eigenvalue weighted by Gasteiger charge is -2.10. The van der Waals surface area contributed by atoms with Crippen LogP contribution in [0.3, 0.4) is 0 Å². The average Bonchev–Trinajstić information content (AvgIpc) is 3.11. The monoisotopic (exact) mass is 325 g/mol. The van der Waals surface area contributed by atoms with Gasteiger partial charge in [-0.25, -0.2) is 0 Å². The predicted molar refractivity (Wildman–Crippen MR) is 91.5 cm³/mol. The summed E-state index contributed by atoms with van der Waals surface area (Å²) in [7, 11) is 3.30. The van der Waals surface area contributed by atoms with E-state index in [-0.39, 0.29) is 0 Å². The quantitative estimate of drug-likeness (QED) is 0.718. The number of aromatic nitrogens is 2. The SMILES string of the molecule is COc1ccc(OC)c(CCNc2noc(-c3ccccc3)n2)c1. The fraction of sp³-hybridized carbons (Fsp3) is 0.222. The van der Waals surface area contributed by atoms with E-state index in [4.69, 9.17) is 14.0 Å². The van der Waals surface area contributed by atoms with Crippen LogP contribution in [0.5, 0.6) is 11.5 Å². The van der Waals surface area contributed by atoms with Gasteiger partial charge >= 0.3 is 0 Å². The van der Waals surface area contributed by atoms with Gasteiger partial charge in [-0.3, -0.25) is 0 Å². The van der Waals surface area contributed by atoms with Gasteiger partial charge in [0, 0.05) is 12.1 Å². The van der Waals surface area contributed by atoms with E-state index in [0.717, 1.165) is 29.0 Å². The second-order valence-corrected chi connectivity index (χ2v) is 5.14. The molecule has 0 saturated heterocycles. The Balaban J connectivity index is 1.62. The van der Waals surface area contributed by atoms with Crippen LogP contribution in [0.25, 0.3) is 11.5 Å². The summed E-state index contributed by atoms with van der Waals surface area (Å²) in [5.41, 5.74) is 1.95. The molecule has 0 amide bonds.